The largest absolute Gasteiger partial charge is 0.353 e. The van der Waals surface area contributed by atoms with Gasteiger partial charge in [0, 0.05) is 88.5 Å². The number of nitriles is 1. The molecule has 11 heteroatoms. The molecule has 0 saturated carbocycles. The summed E-state index contributed by atoms with van der Waals surface area (Å²) in [5.74, 6) is 0.759. The maximum atomic E-state index is 13.0. The Labute approximate surface area is 228 Å². The number of amides is 2. The number of hydrogen-bond donors (Lipinski definition) is 0. The number of nitrogens with zero attached hydrogens (tertiary/aromatic N) is 10. The minimum absolute atomic E-state index is 0.127. The first-order valence-electron chi connectivity index (χ1n) is 13.1. The first kappa shape index (κ1) is 26.2. The Bertz CT molecular complexity index is 1470. The van der Waals surface area contributed by atoms with Gasteiger partial charge in [-0.15, -0.1) is 0 Å². The van der Waals surface area contributed by atoms with Gasteiger partial charge in [-0.3, -0.25) is 4.68 Å². The molecule has 3 aromatic rings. The molecule has 0 spiro atoms. The van der Waals surface area contributed by atoms with E-state index in [9.17, 15) is 10.1 Å². The summed E-state index contributed by atoms with van der Waals surface area (Å²) in [4.78, 5) is 25.6. The van der Waals surface area contributed by atoms with Crippen LogP contribution in [-0.2, 0) is 7.05 Å². The standard InChI is InChI=1S/C28H34N10O/c1-21(25-15-22(24-18-31-34(4)19-24)20-38-27(25)23(16-29)17-32-38)5-6-26(30-2)35-11-13-37(14-12-35)28(39)36-9-7-33(3)8-10-36/h5-6,15,17-20H,2,7-14H2,1,3-4H3/b21-5+,26-6+. The van der Waals surface area contributed by atoms with E-state index in [4.69, 9.17) is 0 Å². The van der Waals surface area contributed by atoms with Gasteiger partial charge in [-0.2, -0.15) is 15.5 Å². The molecule has 0 unspecified atom stereocenters. The zero-order valence-corrected chi connectivity index (χ0v) is 22.8. The highest BCUT2D eigenvalue weighted by Gasteiger charge is 2.27. The van der Waals surface area contributed by atoms with Crippen LogP contribution >= 0.6 is 0 Å². The number of aryl methyl sites for hydroxylation is 1. The molecule has 202 valence electrons. The predicted octanol–water partition coefficient (Wildman–Crippen LogP) is 2.54. The molecule has 39 heavy (non-hydrogen) atoms. The van der Waals surface area contributed by atoms with E-state index in [0.29, 0.717) is 31.7 Å². The number of fused-ring (bicyclic) bond motifs is 1. The number of piperazine rings is 2. The number of pyridine rings is 1. The molecule has 0 atom stereocenters. The predicted molar refractivity (Wildman–Crippen MR) is 151 cm³/mol. The third-order valence-electron chi connectivity index (χ3n) is 7.49. The Morgan fingerprint density at radius 1 is 0.949 bits per heavy atom. The van der Waals surface area contributed by atoms with Crippen molar-refractivity contribution in [3.05, 3.63) is 60.0 Å². The van der Waals surface area contributed by atoms with Crippen molar-refractivity contribution in [2.24, 2.45) is 12.0 Å². The Morgan fingerprint density at radius 3 is 2.23 bits per heavy atom. The van der Waals surface area contributed by atoms with Crippen LogP contribution in [0.3, 0.4) is 0 Å². The second-order valence-electron chi connectivity index (χ2n) is 10.1. The second kappa shape index (κ2) is 11.1. The number of carbonyl (C=O) groups is 1. The average Bonchev–Trinajstić information content (AvgIpc) is 3.59. The third kappa shape index (κ3) is 5.42. The molecule has 2 aliphatic rings. The summed E-state index contributed by atoms with van der Waals surface area (Å²) in [6.45, 7) is 11.9. The smallest absolute Gasteiger partial charge is 0.320 e. The maximum absolute atomic E-state index is 13.0. The summed E-state index contributed by atoms with van der Waals surface area (Å²) in [5, 5.41) is 18.4. The third-order valence-corrected chi connectivity index (χ3v) is 7.49. The van der Waals surface area contributed by atoms with Crippen molar-refractivity contribution in [1.82, 2.24) is 39.0 Å². The zero-order chi connectivity index (χ0) is 27.5. The van der Waals surface area contributed by atoms with Crippen LogP contribution in [0, 0.1) is 11.3 Å². The van der Waals surface area contributed by atoms with Gasteiger partial charge in [0.25, 0.3) is 0 Å². The Kier molecular flexibility index (Phi) is 7.47. The first-order chi connectivity index (χ1) is 18.9. The zero-order valence-electron chi connectivity index (χ0n) is 22.8. The van der Waals surface area contributed by atoms with Crippen molar-refractivity contribution in [3.8, 4) is 17.2 Å². The molecule has 2 saturated heterocycles. The van der Waals surface area contributed by atoms with Crippen molar-refractivity contribution in [3.63, 3.8) is 0 Å². The van der Waals surface area contributed by atoms with E-state index in [1.54, 1.807) is 15.4 Å². The van der Waals surface area contributed by atoms with Gasteiger partial charge in [0.1, 0.15) is 11.9 Å². The van der Waals surface area contributed by atoms with Gasteiger partial charge in [0.05, 0.1) is 23.5 Å². The van der Waals surface area contributed by atoms with Gasteiger partial charge < -0.3 is 19.6 Å². The highest BCUT2D eigenvalue weighted by molar-refractivity contribution is 5.84. The lowest BCUT2D eigenvalue weighted by Crippen LogP contribution is -2.56. The fraction of sp³-hybridized carbons (Fsp3) is 0.393. The number of carbonyl (C=O) groups excluding carboxylic acids is 1. The van der Waals surface area contributed by atoms with Crippen LogP contribution in [0.15, 0.2) is 53.8 Å². The lowest BCUT2D eigenvalue weighted by atomic mass is 10.0. The summed E-state index contributed by atoms with van der Waals surface area (Å²) in [6, 6.07) is 4.45. The number of allylic oxidation sites excluding steroid dienone is 3. The van der Waals surface area contributed by atoms with E-state index in [1.807, 2.05) is 54.5 Å². The van der Waals surface area contributed by atoms with Crippen LogP contribution in [0.2, 0.25) is 0 Å². The molecule has 11 nitrogen and oxygen atoms in total. The summed E-state index contributed by atoms with van der Waals surface area (Å²) in [7, 11) is 3.97. The van der Waals surface area contributed by atoms with Crippen LogP contribution in [0.5, 0.6) is 0 Å². The lowest BCUT2D eigenvalue weighted by Gasteiger charge is -2.40. The van der Waals surface area contributed by atoms with Crippen LogP contribution in [0.25, 0.3) is 22.2 Å². The van der Waals surface area contributed by atoms with Crippen LogP contribution in [0.4, 0.5) is 4.79 Å². The monoisotopic (exact) mass is 526 g/mol. The molecule has 2 aliphatic heterocycles. The second-order valence-corrected chi connectivity index (χ2v) is 10.1. The molecular formula is C28H34N10O. The molecular weight excluding hydrogens is 492 g/mol. The number of likely N-dealkylation sites (N-methyl/N-ethyl adjacent to an activating group) is 1. The summed E-state index contributed by atoms with van der Waals surface area (Å²) >= 11 is 0. The van der Waals surface area contributed by atoms with E-state index in [1.165, 1.54) is 0 Å². The van der Waals surface area contributed by atoms with E-state index >= 15 is 0 Å². The van der Waals surface area contributed by atoms with Gasteiger partial charge in [0.2, 0.25) is 0 Å². The Morgan fingerprint density at radius 2 is 1.62 bits per heavy atom. The quantitative estimate of drug-likeness (QED) is 0.374. The van der Waals surface area contributed by atoms with Crippen molar-refractivity contribution >= 4 is 23.8 Å². The number of rotatable bonds is 5. The fourth-order valence-electron chi connectivity index (χ4n) is 5.10. The number of urea groups is 1. The molecule has 3 aromatic heterocycles. The SMILES string of the molecule is C=N/C(=C\C=C(/C)c1cc(-c2cnn(C)c2)cn2ncc(C#N)c12)N1CCN(C(=O)N2CCN(C)CC2)CC1. The average molecular weight is 527 g/mol. The van der Waals surface area contributed by atoms with Crippen molar-refractivity contribution in [1.29, 1.82) is 5.26 Å². The molecule has 0 radical (unpaired) electrons. The molecule has 5 heterocycles. The minimum atomic E-state index is 0.127. The van der Waals surface area contributed by atoms with Crippen LogP contribution in [-0.4, -0.2) is 111 Å². The van der Waals surface area contributed by atoms with Crippen molar-refractivity contribution in [2.75, 3.05) is 59.4 Å². The first-order valence-corrected chi connectivity index (χ1v) is 13.1. The number of aromatic nitrogens is 4. The molecule has 0 N–H and O–H groups in total. The van der Waals surface area contributed by atoms with Gasteiger partial charge in [-0.05, 0) is 38.4 Å². The minimum Gasteiger partial charge on any atom is -0.353 e. The molecule has 0 bridgehead atoms. The Balaban J connectivity index is 1.35. The molecule has 0 aliphatic carbocycles. The Hall–Kier alpha value is -4.43. The normalized spacial score (nSPS) is 17.5. The highest BCUT2D eigenvalue weighted by atomic mass is 16.2. The van der Waals surface area contributed by atoms with Gasteiger partial charge >= 0.3 is 6.03 Å². The van der Waals surface area contributed by atoms with Crippen LogP contribution in [0.1, 0.15) is 18.1 Å². The van der Waals surface area contributed by atoms with E-state index < -0.39 is 0 Å². The summed E-state index contributed by atoms with van der Waals surface area (Å²) < 4.78 is 3.51. The summed E-state index contributed by atoms with van der Waals surface area (Å²) in [6.07, 6.45) is 11.2. The molecule has 2 amide bonds. The highest BCUT2D eigenvalue weighted by Crippen LogP contribution is 2.29. The number of hydrogen-bond acceptors (Lipinski definition) is 7. The van der Waals surface area contributed by atoms with E-state index in [2.05, 4.69) is 50.9 Å². The van der Waals surface area contributed by atoms with Crippen LogP contribution < -0.4 is 0 Å². The van der Waals surface area contributed by atoms with Crippen molar-refractivity contribution < 1.29 is 4.79 Å². The van der Waals surface area contributed by atoms with E-state index in [0.717, 1.165) is 59.8 Å². The lowest BCUT2D eigenvalue weighted by molar-refractivity contribution is 0.103. The molecule has 5 rings (SSSR count). The van der Waals surface area contributed by atoms with Gasteiger partial charge in [0.15, 0.2) is 0 Å². The van der Waals surface area contributed by atoms with Gasteiger partial charge in [-0.25, -0.2) is 14.3 Å². The molecule has 2 fully saturated rings. The summed E-state index contributed by atoms with van der Waals surface area (Å²) in [5.41, 5.74) is 5.08. The van der Waals surface area contributed by atoms with E-state index in [-0.39, 0.29) is 6.03 Å². The maximum Gasteiger partial charge on any atom is 0.320 e. The molecule has 0 aromatic carbocycles. The fourth-order valence-corrected chi connectivity index (χ4v) is 5.10. The number of aliphatic imine (C=N–C) groups is 1. The topological polar surface area (TPSA) is 101 Å². The van der Waals surface area contributed by atoms with Crippen molar-refractivity contribution in [2.45, 2.75) is 6.92 Å². The van der Waals surface area contributed by atoms with Gasteiger partial charge in [-0.1, -0.05) is 6.08 Å².